The van der Waals surface area contributed by atoms with E-state index in [-0.39, 0.29) is 5.54 Å². The van der Waals surface area contributed by atoms with Gasteiger partial charge in [0.1, 0.15) is 5.54 Å². The normalized spacial score (nSPS) is 22.7. The summed E-state index contributed by atoms with van der Waals surface area (Å²) in [4.78, 5) is 2.40. The molecule has 0 bridgehead atoms. The second-order valence-corrected chi connectivity index (χ2v) is 6.50. The van der Waals surface area contributed by atoms with E-state index in [1.165, 1.54) is 37.8 Å². The molecule has 0 atom stereocenters. The van der Waals surface area contributed by atoms with Gasteiger partial charge in [-0.1, -0.05) is 37.5 Å². The summed E-state index contributed by atoms with van der Waals surface area (Å²) in [6, 6.07) is 13.7. The zero-order valence-corrected chi connectivity index (χ0v) is 12.7. The van der Waals surface area contributed by atoms with Crippen molar-refractivity contribution >= 4 is 5.69 Å². The summed E-state index contributed by atoms with van der Waals surface area (Å²) >= 11 is 0. The lowest BCUT2D eigenvalue weighted by atomic mass is 9.85. The Morgan fingerprint density at radius 1 is 1.05 bits per heavy atom. The summed E-state index contributed by atoms with van der Waals surface area (Å²) in [5.74, 6) is 0. The molecule has 2 aliphatic rings. The summed E-state index contributed by atoms with van der Waals surface area (Å²) in [6.45, 7) is 1.94. The third-order valence-corrected chi connectivity index (χ3v) is 5.04. The summed E-state index contributed by atoms with van der Waals surface area (Å²) in [6.07, 6.45) is 8.32. The average Bonchev–Trinajstić information content (AvgIpc) is 2.57. The molecule has 21 heavy (non-hydrogen) atoms. The molecule has 3 rings (SSSR count). The van der Waals surface area contributed by atoms with Crippen molar-refractivity contribution in [1.29, 1.82) is 5.26 Å². The highest BCUT2D eigenvalue weighted by molar-refractivity contribution is 5.46. The van der Waals surface area contributed by atoms with Crippen molar-refractivity contribution in [3.8, 4) is 6.07 Å². The maximum Gasteiger partial charge on any atom is 0.110 e. The molecule has 1 aromatic carbocycles. The van der Waals surface area contributed by atoms with E-state index in [0.29, 0.717) is 6.04 Å². The van der Waals surface area contributed by atoms with E-state index in [1.807, 2.05) is 0 Å². The predicted molar refractivity (Wildman–Crippen MR) is 86.2 cm³/mol. The highest BCUT2D eigenvalue weighted by atomic mass is 15.2. The molecular formula is C18H25N3. The van der Waals surface area contributed by atoms with E-state index in [0.717, 1.165) is 25.9 Å². The number of piperidine rings is 1. The van der Waals surface area contributed by atoms with Gasteiger partial charge in [-0.05, 0) is 37.8 Å². The number of hydrogen-bond donors (Lipinski definition) is 1. The van der Waals surface area contributed by atoms with Crippen LogP contribution in [0.25, 0.3) is 0 Å². The van der Waals surface area contributed by atoms with Crippen LogP contribution in [0.2, 0.25) is 0 Å². The number of benzene rings is 1. The van der Waals surface area contributed by atoms with Crippen LogP contribution >= 0.6 is 0 Å². The zero-order valence-electron chi connectivity index (χ0n) is 12.7. The molecule has 112 valence electrons. The van der Waals surface area contributed by atoms with E-state index in [4.69, 9.17) is 0 Å². The first-order valence-corrected chi connectivity index (χ1v) is 8.30. The molecule has 0 spiro atoms. The number of hydrogen-bond acceptors (Lipinski definition) is 3. The van der Waals surface area contributed by atoms with Crippen molar-refractivity contribution in [2.24, 2.45) is 0 Å². The van der Waals surface area contributed by atoms with Gasteiger partial charge in [-0.25, -0.2) is 0 Å². The Hall–Kier alpha value is -1.53. The first-order valence-electron chi connectivity index (χ1n) is 8.30. The van der Waals surface area contributed by atoms with Crippen molar-refractivity contribution in [3.05, 3.63) is 30.3 Å². The summed E-state index contributed by atoms with van der Waals surface area (Å²) in [5.41, 5.74) is 0.981. The number of anilines is 1. The van der Waals surface area contributed by atoms with E-state index in [9.17, 15) is 5.26 Å². The number of nitrogens with zero attached hydrogens (tertiary/aromatic N) is 2. The maximum absolute atomic E-state index is 9.70. The van der Waals surface area contributed by atoms with Gasteiger partial charge in [0, 0.05) is 24.8 Å². The van der Waals surface area contributed by atoms with Crippen molar-refractivity contribution in [2.45, 2.75) is 56.5 Å². The highest BCUT2D eigenvalue weighted by Gasteiger charge is 2.36. The van der Waals surface area contributed by atoms with Crippen molar-refractivity contribution in [3.63, 3.8) is 0 Å². The van der Waals surface area contributed by atoms with E-state index in [1.54, 1.807) is 0 Å². The number of nitriles is 1. The van der Waals surface area contributed by atoms with Gasteiger partial charge in [0.2, 0.25) is 0 Å². The second kappa shape index (κ2) is 6.49. The van der Waals surface area contributed by atoms with Crippen LogP contribution in [0.15, 0.2) is 30.3 Å². The molecule has 2 fully saturated rings. The molecule has 3 heteroatoms. The largest absolute Gasteiger partial charge is 0.371 e. The fourth-order valence-electron chi connectivity index (χ4n) is 3.71. The lowest BCUT2D eigenvalue weighted by Gasteiger charge is -2.41. The minimum atomic E-state index is -0.298. The molecule has 1 saturated carbocycles. The molecule has 0 amide bonds. The van der Waals surface area contributed by atoms with Crippen LogP contribution in [-0.4, -0.2) is 24.7 Å². The molecule has 1 aromatic rings. The Morgan fingerprint density at radius 3 is 2.33 bits per heavy atom. The molecule has 0 unspecified atom stereocenters. The van der Waals surface area contributed by atoms with Crippen LogP contribution in [0.1, 0.15) is 44.9 Å². The Kier molecular flexibility index (Phi) is 4.45. The first-order chi connectivity index (χ1) is 10.3. The molecule has 1 aliphatic heterocycles. The number of rotatable bonds is 3. The smallest absolute Gasteiger partial charge is 0.110 e. The minimum Gasteiger partial charge on any atom is -0.371 e. The SMILES string of the molecule is N#CC1(NC2CCCCC2)CCN(c2ccccc2)CC1. The summed E-state index contributed by atoms with van der Waals surface area (Å²) in [7, 11) is 0. The zero-order chi connectivity index (χ0) is 14.5. The van der Waals surface area contributed by atoms with Crippen LogP contribution in [0.3, 0.4) is 0 Å². The van der Waals surface area contributed by atoms with Crippen LogP contribution < -0.4 is 10.2 Å². The fraction of sp³-hybridized carbons (Fsp3) is 0.611. The van der Waals surface area contributed by atoms with Gasteiger partial charge in [-0.15, -0.1) is 0 Å². The predicted octanol–water partition coefficient (Wildman–Crippen LogP) is 3.47. The topological polar surface area (TPSA) is 39.1 Å². The van der Waals surface area contributed by atoms with Crippen molar-refractivity contribution in [2.75, 3.05) is 18.0 Å². The Morgan fingerprint density at radius 2 is 1.71 bits per heavy atom. The molecule has 1 N–H and O–H groups in total. The standard InChI is InChI=1S/C18H25N3/c19-15-18(20-16-7-3-1-4-8-16)11-13-21(14-12-18)17-9-5-2-6-10-17/h2,5-6,9-10,16,20H,1,3-4,7-8,11-14H2. The van der Waals surface area contributed by atoms with Crippen LogP contribution in [0.5, 0.6) is 0 Å². The Balaban J connectivity index is 1.60. The Bertz CT molecular complexity index is 477. The van der Waals surface area contributed by atoms with Crippen molar-refractivity contribution < 1.29 is 0 Å². The van der Waals surface area contributed by atoms with Crippen LogP contribution in [0.4, 0.5) is 5.69 Å². The maximum atomic E-state index is 9.70. The molecule has 1 saturated heterocycles. The minimum absolute atomic E-state index is 0.298. The average molecular weight is 283 g/mol. The van der Waals surface area contributed by atoms with Gasteiger partial charge in [0.25, 0.3) is 0 Å². The molecule has 0 aromatic heterocycles. The number of nitrogens with one attached hydrogen (secondary N) is 1. The monoisotopic (exact) mass is 283 g/mol. The fourth-order valence-corrected chi connectivity index (χ4v) is 3.71. The quantitative estimate of drug-likeness (QED) is 0.923. The van der Waals surface area contributed by atoms with Crippen LogP contribution in [0, 0.1) is 11.3 Å². The second-order valence-electron chi connectivity index (χ2n) is 6.50. The lowest BCUT2D eigenvalue weighted by molar-refractivity contribution is 0.257. The third kappa shape index (κ3) is 3.39. The van der Waals surface area contributed by atoms with Crippen molar-refractivity contribution in [1.82, 2.24) is 5.32 Å². The van der Waals surface area contributed by atoms with E-state index < -0.39 is 0 Å². The first kappa shape index (κ1) is 14.4. The van der Waals surface area contributed by atoms with E-state index in [2.05, 4.69) is 46.6 Å². The molecule has 1 heterocycles. The van der Waals surface area contributed by atoms with Crippen LogP contribution in [-0.2, 0) is 0 Å². The summed E-state index contributed by atoms with van der Waals surface area (Å²) < 4.78 is 0. The van der Waals surface area contributed by atoms with E-state index >= 15 is 0 Å². The lowest BCUT2D eigenvalue weighted by Crippen LogP contribution is -2.56. The van der Waals surface area contributed by atoms with Gasteiger partial charge in [-0.2, -0.15) is 5.26 Å². The van der Waals surface area contributed by atoms with Gasteiger partial charge in [0.15, 0.2) is 0 Å². The van der Waals surface area contributed by atoms with Gasteiger partial charge < -0.3 is 4.90 Å². The van der Waals surface area contributed by atoms with Gasteiger partial charge in [-0.3, -0.25) is 5.32 Å². The molecular weight excluding hydrogens is 258 g/mol. The molecule has 1 aliphatic carbocycles. The van der Waals surface area contributed by atoms with Gasteiger partial charge >= 0.3 is 0 Å². The van der Waals surface area contributed by atoms with Gasteiger partial charge in [0.05, 0.1) is 6.07 Å². The molecule has 3 nitrogen and oxygen atoms in total. The highest BCUT2D eigenvalue weighted by Crippen LogP contribution is 2.28. The third-order valence-electron chi connectivity index (χ3n) is 5.04. The molecule has 0 radical (unpaired) electrons. The Labute approximate surface area is 128 Å². The number of para-hydroxylation sites is 1. The summed E-state index contributed by atoms with van der Waals surface area (Å²) in [5, 5.41) is 13.4.